The van der Waals surface area contributed by atoms with Gasteiger partial charge in [-0.05, 0) is 29.5 Å². The van der Waals surface area contributed by atoms with Crippen molar-refractivity contribution in [3.8, 4) is 0 Å². The van der Waals surface area contributed by atoms with E-state index in [4.69, 9.17) is 4.74 Å². The Hall–Kier alpha value is -5.71. The van der Waals surface area contributed by atoms with E-state index in [-0.39, 0.29) is 13.0 Å². The molecule has 1 aromatic heterocycles. The van der Waals surface area contributed by atoms with Crippen molar-refractivity contribution in [1.29, 1.82) is 0 Å². The van der Waals surface area contributed by atoms with Gasteiger partial charge in [-0.3, -0.25) is 24.0 Å². The Morgan fingerprint density at radius 2 is 1.48 bits per heavy atom. The second-order valence-electron chi connectivity index (χ2n) is 12.4. The zero-order chi connectivity index (χ0) is 38.4. The minimum atomic E-state index is -3.66. The molecule has 0 radical (unpaired) electrons. The van der Waals surface area contributed by atoms with Crippen molar-refractivity contribution >= 4 is 56.5 Å². The van der Waals surface area contributed by atoms with Gasteiger partial charge in [-0.25, -0.2) is 13.2 Å². The summed E-state index contributed by atoms with van der Waals surface area (Å²) < 4.78 is 28.5. The number of rotatable bonds is 19. The van der Waals surface area contributed by atoms with Crippen LogP contribution in [0.15, 0.2) is 72.3 Å². The van der Waals surface area contributed by atoms with Crippen LogP contribution in [0.5, 0.6) is 0 Å². The number of carbonyl (C=O) groups is 6. The average Bonchev–Trinajstić information content (AvgIpc) is 3.48. The first kappa shape index (κ1) is 40.7. The Balaban J connectivity index is 1.84. The van der Waals surface area contributed by atoms with Gasteiger partial charge >= 0.3 is 18.0 Å². The fourth-order valence-corrected chi connectivity index (χ4v) is 5.57. The molecule has 280 valence electrons. The van der Waals surface area contributed by atoms with Crippen LogP contribution in [0.1, 0.15) is 44.2 Å². The molecule has 0 aliphatic heterocycles. The summed E-state index contributed by atoms with van der Waals surface area (Å²) in [7, 11) is -3.66. The number of fused-ring (bicyclic) bond motifs is 1. The van der Waals surface area contributed by atoms with Crippen LogP contribution < -0.4 is 21.3 Å². The number of para-hydroxylation sites is 1. The lowest BCUT2D eigenvalue weighted by atomic mass is 10.0. The van der Waals surface area contributed by atoms with E-state index < -0.39 is 94.9 Å². The van der Waals surface area contributed by atoms with E-state index in [0.717, 1.165) is 28.6 Å². The first-order chi connectivity index (χ1) is 24.5. The second-order valence-corrected chi connectivity index (χ2v) is 14.3. The molecule has 0 fully saturated rings. The zero-order valence-electron chi connectivity index (χ0n) is 28.8. The molecule has 1 heterocycles. The van der Waals surface area contributed by atoms with Gasteiger partial charge < -0.3 is 41.2 Å². The van der Waals surface area contributed by atoms with E-state index in [1.54, 1.807) is 56.4 Å². The molecule has 52 heavy (non-hydrogen) atoms. The van der Waals surface area contributed by atoms with Gasteiger partial charge in [-0.15, -0.1) is 0 Å². The molecule has 0 unspecified atom stereocenters. The number of hydrogen-bond acceptors (Lipinski definition) is 9. The van der Waals surface area contributed by atoms with Gasteiger partial charge in [-0.1, -0.05) is 68.5 Å². The SMILES string of the molecule is CC(C)[C@H](NC(=O)[C@H](CCC(=O)O)NC(=O)[C@H](Cc1c[nH]c2ccccc12)NC(=O)OCc1ccccc1)C(=O)N[C@H](/C=C/S(C)(=O)=O)CC(=O)O. The molecular weight excluding hydrogens is 698 g/mol. The lowest BCUT2D eigenvalue weighted by Crippen LogP contribution is -2.58. The van der Waals surface area contributed by atoms with E-state index in [0.29, 0.717) is 11.1 Å². The Morgan fingerprint density at radius 1 is 0.827 bits per heavy atom. The normalized spacial score (nSPS) is 13.8. The Morgan fingerprint density at radius 3 is 2.12 bits per heavy atom. The molecule has 0 spiro atoms. The minimum absolute atomic E-state index is 0.0491. The average molecular weight is 742 g/mol. The molecule has 4 amide bonds. The summed E-state index contributed by atoms with van der Waals surface area (Å²) >= 11 is 0. The molecule has 4 atom stereocenters. The van der Waals surface area contributed by atoms with Gasteiger partial charge in [0, 0.05) is 41.6 Å². The molecule has 16 nitrogen and oxygen atoms in total. The Bertz CT molecular complexity index is 1880. The van der Waals surface area contributed by atoms with Gasteiger partial charge in [0.05, 0.1) is 12.5 Å². The highest BCUT2D eigenvalue weighted by Crippen LogP contribution is 2.19. The van der Waals surface area contributed by atoms with E-state index in [1.165, 1.54) is 0 Å². The first-order valence-electron chi connectivity index (χ1n) is 16.3. The summed E-state index contributed by atoms with van der Waals surface area (Å²) in [6.07, 6.45) is 0.990. The highest BCUT2D eigenvalue weighted by Gasteiger charge is 2.32. The number of aromatic nitrogens is 1. The Labute approximate surface area is 300 Å². The van der Waals surface area contributed by atoms with E-state index in [2.05, 4.69) is 26.3 Å². The van der Waals surface area contributed by atoms with Crippen molar-refractivity contribution in [2.24, 2.45) is 5.92 Å². The number of carbonyl (C=O) groups excluding carboxylic acids is 4. The smallest absolute Gasteiger partial charge is 0.408 e. The fraction of sp³-hybridized carbons (Fsp3) is 0.371. The van der Waals surface area contributed by atoms with Gasteiger partial charge in [0.2, 0.25) is 17.7 Å². The van der Waals surface area contributed by atoms with E-state index >= 15 is 0 Å². The molecule has 0 saturated carbocycles. The van der Waals surface area contributed by atoms with Crippen LogP contribution in [0.4, 0.5) is 4.79 Å². The topological polar surface area (TPSA) is 250 Å². The molecule has 0 saturated heterocycles. The molecule has 0 bridgehead atoms. The number of benzene rings is 2. The van der Waals surface area contributed by atoms with Crippen molar-refractivity contribution in [3.05, 3.63) is 83.4 Å². The highest BCUT2D eigenvalue weighted by molar-refractivity contribution is 7.93. The van der Waals surface area contributed by atoms with Crippen LogP contribution in [0.25, 0.3) is 10.9 Å². The van der Waals surface area contributed by atoms with Crippen LogP contribution in [-0.4, -0.2) is 89.8 Å². The second kappa shape index (κ2) is 19.1. The first-order valence-corrected chi connectivity index (χ1v) is 18.2. The third-order valence-electron chi connectivity index (χ3n) is 7.73. The number of hydrogen-bond donors (Lipinski definition) is 7. The summed E-state index contributed by atoms with van der Waals surface area (Å²) in [4.78, 5) is 79.6. The van der Waals surface area contributed by atoms with Gasteiger partial charge in [0.25, 0.3) is 0 Å². The molecule has 0 aliphatic rings. The van der Waals surface area contributed by atoms with Gasteiger partial charge in [0.1, 0.15) is 24.7 Å². The number of aromatic amines is 1. The van der Waals surface area contributed by atoms with Crippen LogP contribution in [0.2, 0.25) is 0 Å². The van der Waals surface area contributed by atoms with Gasteiger partial charge in [0.15, 0.2) is 9.84 Å². The highest BCUT2D eigenvalue weighted by atomic mass is 32.2. The number of carboxylic acids is 2. The minimum Gasteiger partial charge on any atom is -0.481 e. The lowest BCUT2D eigenvalue weighted by Gasteiger charge is -2.27. The summed E-state index contributed by atoms with van der Waals surface area (Å²) in [5.74, 6) is -5.81. The maximum Gasteiger partial charge on any atom is 0.408 e. The monoisotopic (exact) mass is 741 g/mol. The van der Waals surface area contributed by atoms with Crippen molar-refractivity contribution < 1.29 is 52.1 Å². The maximum atomic E-state index is 13.8. The van der Waals surface area contributed by atoms with Crippen LogP contribution >= 0.6 is 0 Å². The number of ether oxygens (including phenoxy) is 1. The maximum absolute atomic E-state index is 13.8. The lowest BCUT2D eigenvalue weighted by molar-refractivity contribution is -0.139. The molecule has 7 N–H and O–H groups in total. The van der Waals surface area contributed by atoms with Crippen molar-refractivity contribution in [3.63, 3.8) is 0 Å². The van der Waals surface area contributed by atoms with E-state index in [9.17, 15) is 47.4 Å². The van der Waals surface area contributed by atoms with Crippen LogP contribution in [0, 0.1) is 5.92 Å². The zero-order valence-corrected chi connectivity index (χ0v) is 29.6. The number of alkyl carbamates (subject to hydrolysis) is 1. The quantitative estimate of drug-likeness (QED) is 0.0936. The van der Waals surface area contributed by atoms with Crippen molar-refractivity contribution in [1.82, 2.24) is 26.3 Å². The van der Waals surface area contributed by atoms with Crippen LogP contribution in [0.3, 0.4) is 0 Å². The predicted octanol–water partition coefficient (Wildman–Crippen LogP) is 2.01. The Kier molecular flexibility index (Phi) is 14.9. The third kappa shape index (κ3) is 13.5. The molecule has 3 rings (SSSR count). The summed E-state index contributed by atoms with van der Waals surface area (Å²) in [5.41, 5.74) is 2.13. The largest absolute Gasteiger partial charge is 0.481 e. The van der Waals surface area contributed by atoms with E-state index in [1.807, 2.05) is 18.2 Å². The number of aliphatic carboxylic acids is 2. The standard InChI is InChI=1S/C35H43N5O11S/c1-21(2)31(34(47)37-24(18-30(43)44)15-16-52(3,49)50)40-32(45)27(13-14-29(41)42)38-33(46)28(17-23-19-36-26-12-8-7-11-25(23)26)39-35(48)51-20-22-9-5-4-6-10-22/h4-12,15-16,19,21,24,27-28,31,36H,13-14,17-18,20H2,1-3H3,(H,37,47)(H,38,46)(H,39,48)(H,40,45)(H,41,42)(H,43,44)/b16-15+/t24-,27+,28+,31+/m1/s1. The third-order valence-corrected chi connectivity index (χ3v) is 8.38. The number of sulfone groups is 1. The summed E-state index contributed by atoms with van der Waals surface area (Å²) in [5, 5.41) is 30.1. The molecular formula is C35H43N5O11S. The van der Waals surface area contributed by atoms with Crippen molar-refractivity contribution in [2.75, 3.05) is 6.26 Å². The molecule has 3 aromatic rings. The molecule has 2 aromatic carbocycles. The summed E-state index contributed by atoms with van der Waals surface area (Å²) in [6.45, 7) is 3.07. The number of amides is 4. The predicted molar refractivity (Wildman–Crippen MR) is 189 cm³/mol. The number of nitrogens with one attached hydrogen (secondary N) is 5. The van der Waals surface area contributed by atoms with Gasteiger partial charge in [-0.2, -0.15) is 0 Å². The van der Waals surface area contributed by atoms with Crippen LogP contribution in [-0.2, 0) is 51.6 Å². The van der Waals surface area contributed by atoms with Crippen molar-refractivity contribution in [2.45, 2.75) is 70.3 Å². The number of H-pyrrole nitrogens is 1. The summed E-state index contributed by atoms with van der Waals surface area (Å²) in [6, 6.07) is 10.7. The molecule has 0 aliphatic carbocycles. The number of carboxylic acid groups (broad SMARTS) is 2. The fourth-order valence-electron chi connectivity index (χ4n) is 5.10. The molecule has 17 heteroatoms.